The molecule has 1 N–H and O–H groups in total. The number of thiophene rings is 1. The topological polar surface area (TPSA) is 85.2 Å². The van der Waals surface area contributed by atoms with Crippen molar-refractivity contribution in [1.29, 1.82) is 0 Å². The number of hydrogen-bond donors (Lipinski definition) is 1. The summed E-state index contributed by atoms with van der Waals surface area (Å²) in [5.41, 5.74) is 2.73. The first-order chi connectivity index (χ1) is 15.1. The number of carbonyl (C=O) groups is 1. The molecule has 0 radical (unpaired) electrons. The molecule has 1 fully saturated rings. The number of amides is 1. The van der Waals surface area contributed by atoms with Crippen molar-refractivity contribution in [3.05, 3.63) is 42.3 Å². The second-order valence-corrected chi connectivity index (χ2v) is 8.76. The summed E-state index contributed by atoms with van der Waals surface area (Å²) in [6.45, 7) is 7.77. The Morgan fingerprint density at radius 3 is 2.77 bits per heavy atom. The van der Waals surface area contributed by atoms with Gasteiger partial charge in [0.15, 0.2) is 0 Å². The smallest absolute Gasteiger partial charge is 0.221 e. The second-order valence-electron chi connectivity index (χ2n) is 7.81. The Hall–Kier alpha value is -2.62. The minimum atomic E-state index is 0.0609. The van der Waals surface area contributed by atoms with E-state index in [0.29, 0.717) is 19.5 Å². The van der Waals surface area contributed by atoms with Crippen LogP contribution in [0.15, 0.2) is 42.3 Å². The summed E-state index contributed by atoms with van der Waals surface area (Å²) < 4.78 is 7.69. The number of hydrogen-bond acceptors (Lipinski definition) is 7. The molecule has 1 saturated heterocycles. The predicted octanol–water partition coefficient (Wildman–Crippen LogP) is 2.68. The molecule has 4 heterocycles. The normalized spacial score (nSPS) is 19.4. The van der Waals surface area contributed by atoms with Gasteiger partial charge in [0.05, 0.1) is 47.4 Å². The number of nitrogens with one attached hydrogen (secondary N) is 1. The van der Waals surface area contributed by atoms with Crippen molar-refractivity contribution in [2.75, 3.05) is 26.2 Å². The van der Waals surface area contributed by atoms with E-state index in [1.807, 2.05) is 22.3 Å². The van der Waals surface area contributed by atoms with Crippen LogP contribution in [-0.4, -0.2) is 68.9 Å². The first kappa shape index (κ1) is 21.6. The summed E-state index contributed by atoms with van der Waals surface area (Å²) in [5.74, 6) is 0.0609. The van der Waals surface area contributed by atoms with Crippen LogP contribution in [-0.2, 0) is 16.1 Å². The van der Waals surface area contributed by atoms with E-state index in [2.05, 4.69) is 45.2 Å². The highest BCUT2D eigenvalue weighted by molar-refractivity contribution is 7.13. The fourth-order valence-corrected chi connectivity index (χ4v) is 4.76. The van der Waals surface area contributed by atoms with E-state index in [-0.39, 0.29) is 18.1 Å². The molecule has 1 amide bonds. The third-order valence-corrected chi connectivity index (χ3v) is 6.11. The minimum Gasteiger partial charge on any atom is -0.373 e. The SMILES string of the molecule is C[C@@H]1CN(CCC(=O)NCCn2ncc(-c3cnccn3)c2-c2cccs2)C[C@H](C)O1. The van der Waals surface area contributed by atoms with Gasteiger partial charge in [0, 0.05) is 50.6 Å². The maximum atomic E-state index is 12.4. The van der Waals surface area contributed by atoms with Crippen molar-refractivity contribution in [2.24, 2.45) is 0 Å². The van der Waals surface area contributed by atoms with Crippen LogP contribution in [0.5, 0.6) is 0 Å². The van der Waals surface area contributed by atoms with Crippen molar-refractivity contribution in [1.82, 2.24) is 30.0 Å². The fourth-order valence-electron chi connectivity index (χ4n) is 3.97. The zero-order valence-electron chi connectivity index (χ0n) is 17.9. The Labute approximate surface area is 186 Å². The monoisotopic (exact) mass is 440 g/mol. The number of ether oxygens (including phenoxy) is 1. The first-order valence-electron chi connectivity index (χ1n) is 10.6. The highest BCUT2D eigenvalue weighted by Crippen LogP contribution is 2.33. The van der Waals surface area contributed by atoms with Crippen LogP contribution >= 0.6 is 11.3 Å². The fraction of sp³-hybridized carbons (Fsp3) is 0.455. The third-order valence-electron chi connectivity index (χ3n) is 5.23. The Balaban J connectivity index is 1.34. The van der Waals surface area contributed by atoms with Crippen LogP contribution in [0.4, 0.5) is 0 Å². The summed E-state index contributed by atoms with van der Waals surface area (Å²) >= 11 is 1.66. The molecule has 0 aliphatic carbocycles. The summed E-state index contributed by atoms with van der Waals surface area (Å²) in [5, 5.41) is 9.64. The van der Waals surface area contributed by atoms with Crippen LogP contribution in [0.25, 0.3) is 21.8 Å². The molecule has 3 aromatic rings. The van der Waals surface area contributed by atoms with Crippen LogP contribution in [0.2, 0.25) is 0 Å². The van der Waals surface area contributed by atoms with Gasteiger partial charge in [-0.05, 0) is 25.3 Å². The number of morpholine rings is 1. The molecule has 0 bridgehead atoms. The average Bonchev–Trinajstić information content (AvgIpc) is 3.42. The highest BCUT2D eigenvalue weighted by atomic mass is 32.1. The molecular formula is C22H28N6O2S. The van der Waals surface area contributed by atoms with Gasteiger partial charge in [-0.1, -0.05) is 6.07 Å². The summed E-state index contributed by atoms with van der Waals surface area (Å²) in [6, 6.07) is 4.09. The summed E-state index contributed by atoms with van der Waals surface area (Å²) in [4.78, 5) is 24.4. The van der Waals surface area contributed by atoms with Crippen LogP contribution in [0.1, 0.15) is 20.3 Å². The van der Waals surface area contributed by atoms with E-state index in [9.17, 15) is 4.79 Å². The lowest BCUT2D eigenvalue weighted by Crippen LogP contribution is -2.46. The summed E-state index contributed by atoms with van der Waals surface area (Å²) in [6.07, 6.45) is 7.82. The Bertz CT molecular complexity index is 965. The van der Waals surface area contributed by atoms with E-state index in [0.717, 1.165) is 41.5 Å². The molecule has 3 aromatic heterocycles. The maximum Gasteiger partial charge on any atom is 0.221 e. The van der Waals surface area contributed by atoms with Gasteiger partial charge in [-0.25, -0.2) is 0 Å². The number of nitrogens with zero attached hydrogens (tertiary/aromatic N) is 5. The standard InChI is InChI=1S/C22H28N6O2S/c1-16-14-27(15-17(2)30-16)9-5-21(29)25-8-10-28-22(20-4-3-11-31-20)18(12-26-28)19-13-23-6-7-24-19/h3-4,6-7,11-13,16-17H,5,8-10,14-15H2,1-2H3,(H,25,29)/t16-,17+. The molecule has 0 unspecified atom stereocenters. The molecule has 2 atom stereocenters. The molecule has 1 aliphatic rings. The molecule has 8 nitrogen and oxygen atoms in total. The molecule has 31 heavy (non-hydrogen) atoms. The number of carbonyl (C=O) groups excluding carboxylic acids is 1. The Kier molecular flexibility index (Phi) is 7.06. The van der Waals surface area contributed by atoms with Gasteiger partial charge in [0.25, 0.3) is 0 Å². The van der Waals surface area contributed by atoms with Crippen molar-refractivity contribution in [2.45, 2.75) is 39.0 Å². The van der Waals surface area contributed by atoms with Gasteiger partial charge in [0.1, 0.15) is 0 Å². The summed E-state index contributed by atoms with van der Waals surface area (Å²) in [7, 11) is 0. The number of aromatic nitrogens is 4. The van der Waals surface area contributed by atoms with Crippen molar-refractivity contribution >= 4 is 17.2 Å². The van der Waals surface area contributed by atoms with Gasteiger partial charge >= 0.3 is 0 Å². The van der Waals surface area contributed by atoms with Gasteiger partial charge in [-0.15, -0.1) is 11.3 Å². The first-order valence-corrected chi connectivity index (χ1v) is 11.5. The molecular weight excluding hydrogens is 412 g/mol. The molecule has 0 aromatic carbocycles. The quantitative estimate of drug-likeness (QED) is 0.580. The maximum absolute atomic E-state index is 12.4. The van der Waals surface area contributed by atoms with Crippen molar-refractivity contribution in [3.63, 3.8) is 0 Å². The molecule has 9 heteroatoms. The van der Waals surface area contributed by atoms with Gasteiger partial charge in [-0.2, -0.15) is 5.10 Å². The van der Waals surface area contributed by atoms with Gasteiger partial charge in [0.2, 0.25) is 5.91 Å². The van der Waals surface area contributed by atoms with Gasteiger partial charge in [-0.3, -0.25) is 24.3 Å². The van der Waals surface area contributed by atoms with E-state index in [1.54, 1.807) is 29.9 Å². The van der Waals surface area contributed by atoms with E-state index in [1.165, 1.54) is 0 Å². The Morgan fingerprint density at radius 1 is 1.23 bits per heavy atom. The number of rotatable bonds is 8. The van der Waals surface area contributed by atoms with Gasteiger partial charge < -0.3 is 10.1 Å². The molecule has 164 valence electrons. The largest absolute Gasteiger partial charge is 0.373 e. The van der Waals surface area contributed by atoms with Crippen molar-refractivity contribution in [3.8, 4) is 21.8 Å². The lowest BCUT2D eigenvalue weighted by atomic mass is 10.1. The lowest BCUT2D eigenvalue weighted by Gasteiger charge is -2.35. The molecule has 4 rings (SSSR count). The molecule has 0 spiro atoms. The van der Waals surface area contributed by atoms with Crippen molar-refractivity contribution < 1.29 is 9.53 Å². The lowest BCUT2D eigenvalue weighted by molar-refractivity contribution is -0.122. The molecule has 1 aliphatic heterocycles. The minimum absolute atomic E-state index is 0.0609. The zero-order chi connectivity index (χ0) is 21.6. The predicted molar refractivity (Wildman–Crippen MR) is 121 cm³/mol. The van der Waals surface area contributed by atoms with Crippen LogP contribution in [0.3, 0.4) is 0 Å². The van der Waals surface area contributed by atoms with Crippen LogP contribution in [0, 0.1) is 0 Å². The van der Waals surface area contributed by atoms with E-state index >= 15 is 0 Å². The Morgan fingerprint density at radius 2 is 2.06 bits per heavy atom. The van der Waals surface area contributed by atoms with E-state index < -0.39 is 0 Å². The third kappa shape index (κ3) is 5.55. The van der Waals surface area contributed by atoms with E-state index in [4.69, 9.17) is 4.74 Å². The van der Waals surface area contributed by atoms with Crippen LogP contribution < -0.4 is 5.32 Å². The second kappa shape index (κ2) is 10.1. The average molecular weight is 441 g/mol. The zero-order valence-corrected chi connectivity index (χ0v) is 18.7. The highest BCUT2D eigenvalue weighted by Gasteiger charge is 2.22. The molecule has 0 saturated carbocycles.